The number of hydrogen-bond donors (Lipinski definition) is 0. The molecule has 4 rings (SSSR count). The van der Waals surface area contributed by atoms with Crippen LogP contribution in [0, 0.1) is 0 Å². The fraction of sp³-hybridized carbons (Fsp3) is 0.348. The predicted octanol–water partition coefficient (Wildman–Crippen LogP) is 5.58. The smallest absolute Gasteiger partial charge is 0.266 e. The lowest BCUT2D eigenvalue weighted by atomic mass is 10.1. The highest BCUT2D eigenvalue weighted by atomic mass is 35.5. The molecule has 3 aromatic rings. The quantitative estimate of drug-likeness (QED) is 0.357. The molecule has 1 fully saturated rings. The van der Waals surface area contributed by atoms with Gasteiger partial charge in [0, 0.05) is 13.1 Å². The predicted molar refractivity (Wildman–Crippen MR) is 128 cm³/mol. The normalized spacial score (nSPS) is 15.3. The molecule has 1 unspecified atom stereocenters. The molecule has 1 aliphatic rings. The van der Waals surface area contributed by atoms with Crippen LogP contribution in [0.3, 0.4) is 0 Å². The van der Waals surface area contributed by atoms with Crippen LogP contribution in [-0.2, 0) is 4.79 Å². The van der Waals surface area contributed by atoms with Crippen molar-refractivity contribution in [1.29, 1.82) is 0 Å². The van der Waals surface area contributed by atoms with Gasteiger partial charge in [-0.3, -0.25) is 14.2 Å². The maximum atomic E-state index is 13.4. The SMILES string of the molecule is CCC(Sc1nc2ccccc2c(=O)n1-c1ccc(Cl)c(Cl)c1)C(=O)N1CCCCC1. The summed E-state index contributed by atoms with van der Waals surface area (Å²) in [5.41, 5.74) is 0.971. The van der Waals surface area contributed by atoms with Crippen LogP contribution in [-0.4, -0.2) is 38.7 Å². The Hall–Kier alpha value is -2.02. The molecule has 1 aromatic heterocycles. The minimum atomic E-state index is -0.319. The second-order valence-corrected chi connectivity index (χ2v) is 9.54. The Morgan fingerprint density at radius 1 is 1.10 bits per heavy atom. The molecule has 1 atom stereocenters. The summed E-state index contributed by atoms with van der Waals surface area (Å²) >= 11 is 13.7. The molecule has 5 nitrogen and oxygen atoms in total. The lowest BCUT2D eigenvalue weighted by Crippen LogP contribution is -2.41. The highest BCUT2D eigenvalue weighted by Crippen LogP contribution is 2.31. The van der Waals surface area contributed by atoms with Crippen LogP contribution in [0.5, 0.6) is 0 Å². The number of nitrogens with zero attached hydrogens (tertiary/aromatic N) is 3. The molecule has 1 amide bonds. The zero-order valence-electron chi connectivity index (χ0n) is 17.2. The van der Waals surface area contributed by atoms with Gasteiger partial charge in [0.15, 0.2) is 5.16 Å². The van der Waals surface area contributed by atoms with Crippen LogP contribution < -0.4 is 5.56 Å². The molecular formula is C23H23Cl2N3O2S. The largest absolute Gasteiger partial charge is 0.342 e. The number of fused-ring (bicyclic) bond motifs is 1. The molecule has 0 bridgehead atoms. The van der Waals surface area contributed by atoms with Crippen molar-refractivity contribution in [3.63, 3.8) is 0 Å². The fourth-order valence-electron chi connectivity index (χ4n) is 3.80. The zero-order valence-corrected chi connectivity index (χ0v) is 19.5. The first-order valence-electron chi connectivity index (χ1n) is 10.4. The van der Waals surface area contributed by atoms with Crippen molar-refractivity contribution in [3.05, 3.63) is 62.9 Å². The molecule has 1 saturated heterocycles. The van der Waals surface area contributed by atoms with E-state index < -0.39 is 0 Å². The van der Waals surface area contributed by atoms with E-state index in [2.05, 4.69) is 0 Å². The summed E-state index contributed by atoms with van der Waals surface area (Å²) in [5.74, 6) is 0.107. The number of halogens is 2. The topological polar surface area (TPSA) is 55.2 Å². The van der Waals surface area contributed by atoms with E-state index in [0.29, 0.717) is 38.2 Å². The van der Waals surface area contributed by atoms with Gasteiger partial charge >= 0.3 is 0 Å². The number of thioether (sulfide) groups is 1. The van der Waals surface area contributed by atoms with Crippen molar-refractivity contribution in [2.75, 3.05) is 13.1 Å². The van der Waals surface area contributed by atoms with Gasteiger partial charge in [0.1, 0.15) is 0 Å². The highest BCUT2D eigenvalue weighted by Gasteiger charge is 2.27. The van der Waals surface area contributed by atoms with Gasteiger partial charge in [0.2, 0.25) is 5.91 Å². The van der Waals surface area contributed by atoms with Crippen LogP contribution in [0.1, 0.15) is 32.6 Å². The molecule has 2 heterocycles. The first kappa shape index (κ1) is 22.2. The first-order valence-corrected chi connectivity index (χ1v) is 12.1. The summed E-state index contributed by atoms with van der Waals surface area (Å²) in [6.07, 6.45) is 3.88. The Morgan fingerprint density at radius 2 is 1.84 bits per heavy atom. The number of piperidine rings is 1. The molecule has 31 heavy (non-hydrogen) atoms. The Morgan fingerprint density at radius 3 is 2.55 bits per heavy atom. The summed E-state index contributed by atoms with van der Waals surface area (Å²) in [4.78, 5) is 33.3. The molecule has 0 saturated carbocycles. The summed E-state index contributed by atoms with van der Waals surface area (Å²) in [7, 11) is 0. The second-order valence-electron chi connectivity index (χ2n) is 7.55. The van der Waals surface area contributed by atoms with Crippen LogP contribution in [0.15, 0.2) is 52.4 Å². The van der Waals surface area contributed by atoms with Crippen LogP contribution in [0.2, 0.25) is 10.0 Å². The fourth-order valence-corrected chi connectivity index (χ4v) is 5.20. The van der Waals surface area contributed by atoms with Gasteiger partial charge in [-0.15, -0.1) is 0 Å². The van der Waals surface area contributed by atoms with E-state index in [-0.39, 0.29) is 16.7 Å². The Bertz CT molecular complexity index is 1180. The van der Waals surface area contributed by atoms with Gasteiger partial charge in [-0.05, 0) is 56.0 Å². The number of aromatic nitrogens is 2. The third-order valence-electron chi connectivity index (χ3n) is 5.47. The third kappa shape index (κ3) is 4.61. The number of hydrogen-bond acceptors (Lipinski definition) is 4. The molecule has 0 N–H and O–H groups in total. The monoisotopic (exact) mass is 475 g/mol. The van der Waals surface area contributed by atoms with E-state index >= 15 is 0 Å². The molecule has 0 radical (unpaired) electrons. The van der Waals surface area contributed by atoms with Crippen LogP contribution >= 0.6 is 35.0 Å². The van der Waals surface area contributed by atoms with Crippen molar-refractivity contribution >= 4 is 51.8 Å². The zero-order chi connectivity index (χ0) is 22.0. The molecule has 162 valence electrons. The van der Waals surface area contributed by atoms with Crippen molar-refractivity contribution in [2.24, 2.45) is 0 Å². The lowest BCUT2D eigenvalue weighted by molar-refractivity contribution is -0.131. The maximum Gasteiger partial charge on any atom is 0.266 e. The summed E-state index contributed by atoms with van der Waals surface area (Å²) in [6, 6.07) is 12.3. The maximum absolute atomic E-state index is 13.4. The minimum absolute atomic E-state index is 0.107. The summed E-state index contributed by atoms with van der Waals surface area (Å²) in [6.45, 7) is 3.57. The second kappa shape index (κ2) is 9.63. The molecular weight excluding hydrogens is 453 g/mol. The van der Waals surface area contributed by atoms with Crippen LogP contribution in [0.4, 0.5) is 0 Å². The number of benzene rings is 2. The van der Waals surface area contributed by atoms with E-state index in [4.69, 9.17) is 28.2 Å². The van der Waals surface area contributed by atoms with Gasteiger partial charge in [-0.1, -0.05) is 54.0 Å². The van der Waals surface area contributed by atoms with Gasteiger partial charge < -0.3 is 4.90 Å². The van der Waals surface area contributed by atoms with Gasteiger partial charge in [0.25, 0.3) is 5.56 Å². The van der Waals surface area contributed by atoms with Gasteiger partial charge in [-0.2, -0.15) is 0 Å². The van der Waals surface area contributed by atoms with Gasteiger partial charge in [0.05, 0.1) is 31.9 Å². The average molecular weight is 476 g/mol. The van der Waals surface area contributed by atoms with E-state index in [9.17, 15) is 9.59 Å². The third-order valence-corrected chi connectivity index (χ3v) is 7.51. The number of rotatable bonds is 5. The standard InChI is InChI=1S/C23H23Cl2N3O2S/c1-2-20(22(30)27-12-6-3-7-13-27)31-23-26-19-9-5-4-8-16(19)21(29)28(23)15-10-11-17(24)18(25)14-15/h4-5,8-11,14,20H,2-3,6-7,12-13H2,1H3. The number of amides is 1. The number of carbonyl (C=O) groups excluding carboxylic acids is 1. The highest BCUT2D eigenvalue weighted by molar-refractivity contribution is 8.00. The van der Waals surface area contributed by atoms with E-state index in [0.717, 1.165) is 32.4 Å². The molecule has 0 aliphatic carbocycles. The molecule has 8 heteroatoms. The minimum Gasteiger partial charge on any atom is -0.342 e. The number of likely N-dealkylation sites (tertiary alicyclic amines) is 1. The molecule has 0 spiro atoms. The van der Waals surface area contributed by atoms with Gasteiger partial charge in [-0.25, -0.2) is 4.98 Å². The van der Waals surface area contributed by atoms with E-state index in [1.165, 1.54) is 16.3 Å². The molecule has 1 aliphatic heterocycles. The van der Waals surface area contributed by atoms with Crippen molar-refractivity contribution in [3.8, 4) is 5.69 Å². The summed E-state index contributed by atoms with van der Waals surface area (Å²) in [5, 5.41) is 1.42. The number of carbonyl (C=O) groups is 1. The molecule has 2 aromatic carbocycles. The Labute approximate surface area is 195 Å². The Balaban J connectivity index is 1.80. The van der Waals surface area contributed by atoms with Crippen molar-refractivity contribution < 1.29 is 4.79 Å². The lowest BCUT2D eigenvalue weighted by Gasteiger charge is -2.30. The first-order chi connectivity index (χ1) is 15.0. The summed E-state index contributed by atoms with van der Waals surface area (Å²) < 4.78 is 1.53. The van der Waals surface area contributed by atoms with Crippen LogP contribution in [0.25, 0.3) is 16.6 Å². The average Bonchev–Trinajstić information content (AvgIpc) is 2.80. The number of para-hydroxylation sites is 1. The van der Waals surface area contributed by atoms with E-state index in [1.54, 1.807) is 24.3 Å². The van der Waals surface area contributed by atoms with Crippen molar-refractivity contribution in [2.45, 2.75) is 43.0 Å². The van der Waals surface area contributed by atoms with Crippen molar-refractivity contribution in [1.82, 2.24) is 14.5 Å². The Kier molecular flexibility index (Phi) is 6.89. The van der Waals surface area contributed by atoms with E-state index in [1.807, 2.05) is 30.0 Å².